The van der Waals surface area contributed by atoms with Gasteiger partial charge in [0.15, 0.2) is 0 Å². The Morgan fingerprint density at radius 2 is 1.87 bits per heavy atom. The summed E-state index contributed by atoms with van der Waals surface area (Å²) in [4.78, 5) is 12.7. The Hall–Kier alpha value is -0.490. The van der Waals surface area contributed by atoms with Crippen LogP contribution >= 0.6 is 10.7 Å². The van der Waals surface area contributed by atoms with Gasteiger partial charge < -0.3 is 9.64 Å². The summed E-state index contributed by atoms with van der Waals surface area (Å²) in [6.45, 7) is 5.48. The van der Waals surface area contributed by atoms with Crippen LogP contribution in [0.3, 0.4) is 0 Å². The Bertz CT molecular complexity index is 353. The summed E-state index contributed by atoms with van der Waals surface area (Å²) in [6, 6.07) is 0. The second-order valence-corrected chi connectivity index (χ2v) is 7.39. The quantitative estimate of drug-likeness (QED) is 0.660. The largest absolute Gasteiger partial charge is 0.444 e. The summed E-state index contributed by atoms with van der Waals surface area (Å²) in [6.07, 6.45) is -0.501. The molecule has 88 valence electrons. The molecule has 5 nitrogen and oxygen atoms in total. The van der Waals surface area contributed by atoms with E-state index in [-0.39, 0.29) is 13.1 Å². The minimum absolute atomic E-state index is 0.112. The Kier molecular flexibility index (Phi) is 3.21. The lowest BCUT2D eigenvalue weighted by atomic mass is 10.2. The van der Waals surface area contributed by atoms with Crippen molar-refractivity contribution in [2.45, 2.75) is 31.6 Å². The van der Waals surface area contributed by atoms with Gasteiger partial charge in [0, 0.05) is 23.8 Å². The van der Waals surface area contributed by atoms with E-state index in [1.165, 1.54) is 4.90 Å². The topological polar surface area (TPSA) is 63.7 Å². The summed E-state index contributed by atoms with van der Waals surface area (Å²) in [5, 5.41) is -0.660. The molecule has 0 N–H and O–H groups in total. The first kappa shape index (κ1) is 12.6. The molecule has 0 radical (unpaired) electrons. The normalized spacial score (nSPS) is 18.5. The van der Waals surface area contributed by atoms with Crippen LogP contribution in [-0.2, 0) is 13.8 Å². The van der Waals surface area contributed by atoms with Crippen LogP contribution < -0.4 is 0 Å². The summed E-state index contributed by atoms with van der Waals surface area (Å²) in [5.41, 5.74) is -0.567. The van der Waals surface area contributed by atoms with Crippen molar-refractivity contribution in [2.75, 3.05) is 13.1 Å². The van der Waals surface area contributed by atoms with E-state index in [9.17, 15) is 13.2 Å². The van der Waals surface area contributed by atoms with Gasteiger partial charge in [-0.2, -0.15) is 0 Å². The van der Waals surface area contributed by atoms with Gasteiger partial charge in [-0.25, -0.2) is 13.2 Å². The Morgan fingerprint density at radius 1 is 1.40 bits per heavy atom. The van der Waals surface area contributed by atoms with E-state index >= 15 is 0 Å². The number of halogens is 1. The van der Waals surface area contributed by atoms with Crippen molar-refractivity contribution in [1.82, 2.24) is 4.90 Å². The summed E-state index contributed by atoms with van der Waals surface area (Å²) in [5.74, 6) is 0. The molecule has 0 aromatic rings. The van der Waals surface area contributed by atoms with E-state index < -0.39 is 26.0 Å². The zero-order valence-corrected chi connectivity index (χ0v) is 10.4. The molecule has 1 aliphatic rings. The maximum Gasteiger partial charge on any atom is 0.410 e. The number of carbonyl (C=O) groups excluding carboxylic acids is 1. The maximum absolute atomic E-state index is 11.4. The van der Waals surface area contributed by atoms with Gasteiger partial charge in [-0.15, -0.1) is 0 Å². The zero-order chi connectivity index (χ0) is 11.9. The molecular weight excluding hydrogens is 242 g/mol. The molecule has 0 aromatic heterocycles. The highest BCUT2D eigenvalue weighted by atomic mass is 35.7. The van der Waals surface area contributed by atoms with Gasteiger partial charge in [-0.3, -0.25) is 0 Å². The summed E-state index contributed by atoms with van der Waals surface area (Å²) in [7, 11) is 1.58. The molecule has 0 spiro atoms. The highest BCUT2D eigenvalue weighted by Crippen LogP contribution is 2.21. The van der Waals surface area contributed by atoms with Gasteiger partial charge in [-0.1, -0.05) is 0 Å². The number of rotatable bonds is 1. The molecule has 15 heavy (non-hydrogen) atoms. The minimum Gasteiger partial charge on any atom is -0.444 e. The lowest BCUT2D eigenvalue weighted by Crippen LogP contribution is -2.56. The van der Waals surface area contributed by atoms with Crippen molar-refractivity contribution in [2.24, 2.45) is 0 Å². The third-order valence-corrected chi connectivity index (χ3v) is 3.75. The molecule has 0 saturated carbocycles. The molecule has 1 heterocycles. The summed E-state index contributed by atoms with van der Waals surface area (Å²) < 4.78 is 26.8. The van der Waals surface area contributed by atoms with Gasteiger partial charge in [0.25, 0.3) is 0 Å². The first-order valence-corrected chi connectivity index (χ1v) is 6.88. The van der Waals surface area contributed by atoms with Crippen LogP contribution in [-0.4, -0.2) is 43.4 Å². The lowest BCUT2D eigenvalue weighted by molar-refractivity contribution is 0.0140. The van der Waals surface area contributed by atoms with E-state index in [1.54, 1.807) is 20.8 Å². The summed E-state index contributed by atoms with van der Waals surface area (Å²) >= 11 is 0. The molecule has 1 saturated heterocycles. The van der Waals surface area contributed by atoms with Crippen LogP contribution in [0.15, 0.2) is 0 Å². The van der Waals surface area contributed by atoms with E-state index in [0.29, 0.717) is 0 Å². The van der Waals surface area contributed by atoms with Crippen molar-refractivity contribution in [3.05, 3.63) is 0 Å². The molecule has 0 bridgehead atoms. The second kappa shape index (κ2) is 3.83. The molecule has 0 atom stereocenters. The van der Waals surface area contributed by atoms with Crippen LogP contribution in [0.2, 0.25) is 0 Å². The van der Waals surface area contributed by atoms with Crippen molar-refractivity contribution in [1.29, 1.82) is 0 Å². The standard InChI is InChI=1S/C8H14ClNO4S/c1-8(2,3)14-7(11)10-4-6(5-10)15(9,12)13/h6H,4-5H2,1-3H3. The molecule has 1 aliphatic heterocycles. The average molecular weight is 256 g/mol. The second-order valence-electron chi connectivity index (χ2n) is 4.48. The van der Waals surface area contributed by atoms with Gasteiger partial charge in [-0.05, 0) is 20.8 Å². The number of likely N-dealkylation sites (tertiary alicyclic amines) is 1. The van der Waals surface area contributed by atoms with Crippen LogP contribution in [0.25, 0.3) is 0 Å². The van der Waals surface area contributed by atoms with Gasteiger partial charge >= 0.3 is 6.09 Å². The van der Waals surface area contributed by atoms with Gasteiger partial charge in [0.1, 0.15) is 10.9 Å². The smallest absolute Gasteiger partial charge is 0.410 e. The predicted molar refractivity (Wildman–Crippen MR) is 56.4 cm³/mol. The molecule has 0 aromatic carbocycles. The fraction of sp³-hybridized carbons (Fsp3) is 0.875. The van der Waals surface area contributed by atoms with E-state index in [1.807, 2.05) is 0 Å². The molecule has 7 heteroatoms. The predicted octanol–water partition coefficient (Wildman–Crippen LogP) is 1.17. The number of carbonyl (C=O) groups is 1. The van der Waals surface area contributed by atoms with Crippen LogP contribution in [0.1, 0.15) is 20.8 Å². The molecule has 0 unspecified atom stereocenters. The number of hydrogen-bond acceptors (Lipinski definition) is 4. The first-order valence-electron chi connectivity index (χ1n) is 4.51. The van der Waals surface area contributed by atoms with E-state index in [2.05, 4.69) is 0 Å². The van der Waals surface area contributed by atoms with E-state index in [0.717, 1.165) is 0 Å². The van der Waals surface area contributed by atoms with Gasteiger partial charge in [0.05, 0.1) is 0 Å². The lowest BCUT2D eigenvalue weighted by Gasteiger charge is -2.37. The first-order chi connectivity index (χ1) is 6.59. The minimum atomic E-state index is -3.55. The van der Waals surface area contributed by atoms with Crippen LogP contribution in [0, 0.1) is 0 Å². The Labute approximate surface area is 93.8 Å². The number of nitrogens with zero attached hydrogens (tertiary/aromatic N) is 1. The Morgan fingerprint density at radius 3 is 2.20 bits per heavy atom. The molecular formula is C8H14ClNO4S. The third kappa shape index (κ3) is 3.53. The highest BCUT2D eigenvalue weighted by molar-refractivity contribution is 8.14. The number of ether oxygens (including phenoxy) is 1. The van der Waals surface area contributed by atoms with Crippen LogP contribution in [0.5, 0.6) is 0 Å². The SMILES string of the molecule is CC(C)(C)OC(=O)N1CC(S(=O)(=O)Cl)C1. The van der Waals surface area contributed by atoms with Crippen LogP contribution in [0.4, 0.5) is 4.79 Å². The number of hydrogen-bond donors (Lipinski definition) is 0. The molecule has 1 rings (SSSR count). The van der Waals surface area contributed by atoms with Crippen molar-refractivity contribution in [3.63, 3.8) is 0 Å². The zero-order valence-electron chi connectivity index (χ0n) is 8.86. The third-order valence-electron chi connectivity index (χ3n) is 1.90. The van der Waals surface area contributed by atoms with E-state index in [4.69, 9.17) is 15.4 Å². The Balaban J connectivity index is 2.43. The van der Waals surface area contributed by atoms with Crippen molar-refractivity contribution < 1.29 is 17.9 Å². The van der Waals surface area contributed by atoms with Crippen molar-refractivity contribution >= 4 is 25.8 Å². The fourth-order valence-corrected chi connectivity index (χ4v) is 2.15. The van der Waals surface area contributed by atoms with Gasteiger partial charge in [0.2, 0.25) is 9.05 Å². The average Bonchev–Trinajstić information content (AvgIpc) is 1.72. The fourth-order valence-electron chi connectivity index (χ4n) is 1.09. The van der Waals surface area contributed by atoms with Crippen molar-refractivity contribution in [3.8, 4) is 0 Å². The molecule has 0 aliphatic carbocycles. The monoisotopic (exact) mass is 255 g/mol. The molecule has 1 fully saturated rings. The highest BCUT2D eigenvalue weighted by Gasteiger charge is 2.40. The maximum atomic E-state index is 11.4. The number of amides is 1. The molecule has 1 amide bonds.